The van der Waals surface area contributed by atoms with Crippen LogP contribution in [0.25, 0.3) is 0 Å². The molecule has 0 bridgehead atoms. The van der Waals surface area contributed by atoms with Crippen LogP contribution >= 0.6 is 0 Å². The molecule has 0 aliphatic heterocycles. The molecule has 1 heterocycles. The summed E-state index contributed by atoms with van der Waals surface area (Å²) < 4.78 is 41.7. The van der Waals surface area contributed by atoms with E-state index >= 15 is 0 Å². The summed E-state index contributed by atoms with van der Waals surface area (Å²) >= 11 is 0. The number of benzene rings is 2. The molecule has 1 unspecified atom stereocenters. The first-order valence-corrected chi connectivity index (χ1v) is 10.4. The Labute approximate surface area is 168 Å². The Bertz CT molecular complexity index is 1060. The second kappa shape index (κ2) is 9.40. The zero-order chi connectivity index (χ0) is 20.7. The van der Waals surface area contributed by atoms with E-state index < -0.39 is 32.7 Å². The van der Waals surface area contributed by atoms with E-state index in [9.17, 15) is 17.6 Å². The number of halogens is 1. The number of carbonyl (C=O) groups is 1. The quantitative estimate of drug-likeness (QED) is 0.594. The van der Waals surface area contributed by atoms with Crippen LogP contribution in [0.15, 0.2) is 83.9 Å². The van der Waals surface area contributed by atoms with Crippen LogP contribution in [0.5, 0.6) is 0 Å². The average molecular weight is 413 g/mol. The summed E-state index contributed by atoms with van der Waals surface area (Å²) in [7, 11) is -4.24. The Kier molecular flexibility index (Phi) is 6.69. The smallest absolute Gasteiger partial charge is 0.244 e. The minimum Gasteiger partial charge on any atom is -0.349 e. The van der Waals surface area contributed by atoms with Crippen molar-refractivity contribution in [1.82, 2.24) is 15.0 Å². The normalized spacial score (nSPS) is 12.3. The minimum absolute atomic E-state index is 0.114. The standard InChI is InChI=1S/C21H20FN3O3S/c22-18-11-4-5-12-20(18)29(27,28)25-19(14-16-8-2-1-3-9-16)21(26)24-15-17-10-6-7-13-23-17/h1-13,19,25H,14-15H2,(H,24,26). The summed E-state index contributed by atoms with van der Waals surface area (Å²) in [6, 6.07) is 18.2. The molecule has 29 heavy (non-hydrogen) atoms. The fourth-order valence-electron chi connectivity index (χ4n) is 2.75. The summed E-state index contributed by atoms with van der Waals surface area (Å²) in [4.78, 5) is 16.4. The molecule has 0 aliphatic carbocycles. The van der Waals surface area contributed by atoms with Gasteiger partial charge in [-0.3, -0.25) is 9.78 Å². The number of nitrogens with one attached hydrogen (secondary N) is 2. The second-order valence-corrected chi connectivity index (χ2v) is 8.02. The van der Waals surface area contributed by atoms with Crippen molar-refractivity contribution >= 4 is 15.9 Å². The largest absolute Gasteiger partial charge is 0.349 e. The van der Waals surface area contributed by atoms with E-state index in [0.717, 1.165) is 17.7 Å². The maximum absolute atomic E-state index is 14.0. The highest BCUT2D eigenvalue weighted by atomic mass is 32.2. The summed E-state index contributed by atoms with van der Waals surface area (Å²) in [6.07, 6.45) is 1.71. The lowest BCUT2D eigenvalue weighted by Crippen LogP contribution is -2.47. The van der Waals surface area contributed by atoms with Gasteiger partial charge in [0.2, 0.25) is 15.9 Å². The molecule has 0 aliphatic rings. The molecule has 1 aromatic heterocycles. The SMILES string of the molecule is O=C(NCc1ccccn1)C(Cc1ccccc1)NS(=O)(=O)c1ccccc1F. The lowest BCUT2D eigenvalue weighted by molar-refractivity contribution is -0.122. The van der Waals surface area contributed by atoms with E-state index in [0.29, 0.717) is 5.69 Å². The van der Waals surface area contributed by atoms with E-state index in [2.05, 4.69) is 15.0 Å². The van der Waals surface area contributed by atoms with Crippen molar-refractivity contribution in [2.75, 3.05) is 0 Å². The first-order valence-electron chi connectivity index (χ1n) is 8.94. The lowest BCUT2D eigenvalue weighted by Gasteiger charge is -2.19. The van der Waals surface area contributed by atoms with Gasteiger partial charge in [-0.05, 0) is 36.2 Å². The molecule has 2 N–H and O–H groups in total. The number of carbonyl (C=O) groups excluding carboxylic acids is 1. The number of sulfonamides is 1. The number of nitrogens with zero attached hydrogens (tertiary/aromatic N) is 1. The van der Waals surface area contributed by atoms with Gasteiger partial charge in [0, 0.05) is 6.20 Å². The fraction of sp³-hybridized carbons (Fsp3) is 0.143. The van der Waals surface area contributed by atoms with Crippen LogP contribution in [0.3, 0.4) is 0 Å². The molecule has 8 heteroatoms. The van der Waals surface area contributed by atoms with E-state index in [1.165, 1.54) is 12.1 Å². The predicted octanol–water partition coefficient (Wildman–Crippen LogP) is 2.43. The van der Waals surface area contributed by atoms with Crippen molar-refractivity contribution in [1.29, 1.82) is 0 Å². The van der Waals surface area contributed by atoms with Crippen molar-refractivity contribution in [3.8, 4) is 0 Å². The van der Waals surface area contributed by atoms with Crippen LogP contribution in [0, 0.1) is 5.82 Å². The molecule has 0 saturated carbocycles. The molecule has 1 atom stereocenters. The van der Waals surface area contributed by atoms with Crippen LogP contribution in [0.4, 0.5) is 4.39 Å². The first-order chi connectivity index (χ1) is 14.0. The summed E-state index contributed by atoms with van der Waals surface area (Å²) in [6.45, 7) is 0.145. The molecule has 3 aromatic rings. The van der Waals surface area contributed by atoms with Crippen molar-refractivity contribution in [3.05, 3.63) is 96.1 Å². The highest BCUT2D eigenvalue weighted by Gasteiger charge is 2.27. The molecule has 3 rings (SSSR count). The minimum atomic E-state index is -4.24. The van der Waals surface area contributed by atoms with Crippen LogP contribution in [-0.2, 0) is 27.8 Å². The zero-order valence-corrected chi connectivity index (χ0v) is 16.3. The molecule has 6 nitrogen and oxygen atoms in total. The van der Waals surface area contributed by atoms with Gasteiger partial charge in [0.1, 0.15) is 16.8 Å². The average Bonchev–Trinajstić information content (AvgIpc) is 2.73. The zero-order valence-electron chi connectivity index (χ0n) is 15.5. The van der Waals surface area contributed by atoms with Crippen LogP contribution < -0.4 is 10.0 Å². The summed E-state index contributed by atoms with van der Waals surface area (Å²) in [5, 5.41) is 2.69. The monoisotopic (exact) mass is 413 g/mol. The van der Waals surface area contributed by atoms with Gasteiger partial charge in [-0.25, -0.2) is 12.8 Å². The van der Waals surface area contributed by atoms with Gasteiger partial charge >= 0.3 is 0 Å². The molecule has 0 saturated heterocycles. The van der Waals surface area contributed by atoms with Gasteiger partial charge in [-0.15, -0.1) is 0 Å². The van der Waals surface area contributed by atoms with E-state index in [4.69, 9.17) is 0 Å². The van der Waals surface area contributed by atoms with Gasteiger partial charge in [0.25, 0.3) is 0 Å². The number of amides is 1. The van der Waals surface area contributed by atoms with E-state index in [-0.39, 0.29) is 13.0 Å². The third-order valence-corrected chi connectivity index (χ3v) is 5.70. The Balaban J connectivity index is 1.80. The number of rotatable bonds is 8. The van der Waals surface area contributed by atoms with Crippen molar-refractivity contribution in [2.45, 2.75) is 23.9 Å². The fourth-order valence-corrected chi connectivity index (χ4v) is 4.03. The van der Waals surface area contributed by atoms with Gasteiger partial charge in [0.15, 0.2) is 0 Å². The molecular weight excluding hydrogens is 393 g/mol. The number of hydrogen-bond acceptors (Lipinski definition) is 4. The van der Waals surface area contributed by atoms with Crippen molar-refractivity contribution in [2.24, 2.45) is 0 Å². The maximum atomic E-state index is 14.0. The van der Waals surface area contributed by atoms with Gasteiger partial charge in [-0.2, -0.15) is 4.72 Å². The number of aromatic nitrogens is 1. The molecule has 2 aromatic carbocycles. The van der Waals surface area contributed by atoms with E-state index in [1.807, 2.05) is 6.07 Å². The molecule has 0 spiro atoms. The topological polar surface area (TPSA) is 88.2 Å². The maximum Gasteiger partial charge on any atom is 0.244 e. The van der Waals surface area contributed by atoms with Crippen molar-refractivity contribution in [3.63, 3.8) is 0 Å². The number of pyridine rings is 1. The molecule has 1 amide bonds. The second-order valence-electron chi connectivity index (χ2n) is 6.33. The molecule has 0 radical (unpaired) electrons. The predicted molar refractivity (Wildman–Crippen MR) is 107 cm³/mol. The van der Waals surface area contributed by atoms with Gasteiger partial charge in [0.05, 0.1) is 12.2 Å². The lowest BCUT2D eigenvalue weighted by atomic mass is 10.1. The Hall–Kier alpha value is -3.10. The molecule has 0 fully saturated rings. The van der Waals surface area contributed by atoms with Crippen LogP contribution in [0.2, 0.25) is 0 Å². The summed E-state index contributed by atoms with van der Waals surface area (Å²) in [5.41, 5.74) is 1.40. The molecular formula is C21H20FN3O3S. The third kappa shape index (κ3) is 5.69. The first kappa shape index (κ1) is 20.6. The van der Waals surface area contributed by atoms with Gasteiger partial charge in [-0.1, -0.05) is 48.5 Å². The highest BCUT2D eigenvalue weighted by Crippen LogP contribution is 2.15. The number of hydrogen-bond donors (Lipinski definition) is 2. The van der Waals surface area contributed by atoms with Gasteiger partial charge < -0.3 is 5.32 Å². The Morgan fingerprint density at radius 2 is 1.66 bits per heavy atom. The third-order valence-electron chi connectivity index (χ3n) is 4.19. The Morgan fingerprint density at radius 1 is 0.966 bits per heavy atom. The highest BCUT2D eigenvalue weighted by molar-refractivity contribution is 7.89. The molecule has 150 valence electrons. The van der Waals surface area contributed by atoms with E-state index in [1.54, 1.807) is 48.7 Å². The Morgan fingerprint density at radius 3 is 2.34 bits per heavy atom. The van der Waals surface area contributed by atoms with Crippen molar-refractivity contribution < 1.29 is 17.6 Å². The summed E-state index contributed by atoms with van der Waals surface area (Å²) in [5.74, 6) is -1.41. The van der Waals surface area contributed by atoms with Crippen LogP contribution in [-0.4, -0.2) is 25.4 Å². The van der Waals surface area contributed by atoms with Crippen LogP contribution in [0.1, 0.15) is 11.3 Å².